The Bertz CT molecular complexity index is 542. The molecule has 0 bridgehead atoms. The van der Waals surface area contributed by atoms with E-state index in [9.17, 15) is 9.90 Å². The zero-order valence-electron chi connectivity index (χ0n) is 11.7. The summed E-state index contributed by atoms with van der Waals surface area (Å²) < 4.78 is 5.21. The molecular weight excluding hydrogens is 266 g/mol. The lowest BCUT2D eigenvalue weighted by Crippen LogP contribution is -2.40. The Labute approximate surface area is 124 Å². The van der Waals surface area contributed by atoms with Crippen molar-refractivity contribution in [2.24, 2.45) is 0 Å². The predicted octanol–water partition coefficient (Wildman–Crippen LogP) is 1.88. The van der Waals surface area contributed by atoms with Gasteiger partial charge < -0.3 is 9.84 Å². The molecule has 0 radical (unpaired) electrons. The monoisotopic (exact) mass is 285 g/mol. The molecule has 0 aromatic heterocycles. The first kappa shape index (κ1) is 15.2. The van der Waals surface area contributed by atoms with Gasteiger partial charge in [-0.3, -0.25) is 10.1 Å². The van der Waals surface area contributed by atoms with Crippen LogP contribution >= 0.6 is 0 Å². The lowest BCUT2D eigenvalue weighted by Gasteiger charge is -2.15. The van der Waals surface area contributed by atoms with Gasteiger partial charge >= 0.3 is 5.97 Å². The standard InChI is InChI=1S/C17H19NO3/c19-12-16(18-11-14-7-3-1-4-8-14)17(20)21-13-15-9-5-2-6-10-15/h1-10,16,18-19H,11-13H2. The lowest BCUT2D eigenvalue weighted by molar-refractivity contribution is -0.148. The summed E-state index contributed by atoms with van der Waals surface area (Å²) in [6.45, 7) is 0.427. The maximum Gasteiger partial charge on any atom is 0.325 e. The fourth-order valence-corrected chi connectivity index (χ4v) is 1.89. The first-order chi connectivity index (χ1) is 10.3. The Hall–Kier alpha value is -2.17. The van der Waals surface area contributed by atoms with Crippen molar-refractivity contribution in [3.8, 4) is 0 Å². The van der Waals surface area contributed by atoms with Crippen molar-refractivity contribution in [3.05, 3.63) is 71.8 Å². The van der Waals surface area contributed by atoms with Crippen molar-refractivity contribution in [1.29, 1.82) is 0 Å². The number of nitrogens with one attached hydrogen (secondary N) is 1. The van der Waals surface area contributed by atoms with E-state index in [1.54, 1.807) is 0 Å². The van der Waals surface area contributed by atoms with E-state index >= 15 is 0 Å². The largest absolute Gasteiger partial charge is 0.460 e. The highest BCUT2D eigenvalue weighted by Crippen LogP contribution is 2.03. The predicted molar refractivity (Wildman–Crippen MR) is 80.4 cm³/mol. The zero-order chi connectivity index (χ0) is 14.9. The van der Waals surface area contributed by atoms with Crippen molar-refractivity contribution >= 4 is 5.97 Å². The summed E-state index contributed by atoms with van der Waals surface area (Å²) in [7, 11) is 0. The quantitative estimate of drug-likeness (QED) is 0.763. The van der Waals surface area contributed by atoms with Crippen LogP contribution in [0, 0.1) is 0 Å². The van der Waals surface area contributed by atoms with Gasteiger partial charge in [0.15, 0.2) is 0 Å². The number of hydrogen-bond acceptors (Lipinski definition) is 4. The van der Waals surface area contributed by atoms with E-state index in [2.05, 4.69) is 5.32 Å². The molecule has 2 aromatic carbocycles. The van der Waals surface area contributed by atoms with Crippen LogP contribution in [0.1, 0.15) is 11.1 Å². The molecule has 110 valence electrons. The normalized spacial score (nSPS) is 11.9. The second-order valence-corrected chi connectivity index (χ2v) is 4.69. The highest BCUT2D eigenvalue weighted by Gasteiger charge is 2.18. The molecule has 0 fully saturated rings. The summed E-state index contributed by atoms with van der Waals surface area (Å²) >= 11 is 0. The molecule has 4 heteroatoms. The Kier molecular flexibility index (Phi) is 5.94. The number of esters is 1. The van der Waals surface area contributed by atoms with Crippen molar-refractivity contribution in [2.45, 2.75) is 19.2 Å². The molecule has 1 unspecified atom stereocenters. The van der Waals surface area contributed by atoms with E-state index in [4.69, 9.17) is 4.74 Å². The van der Waals surface area contributed by atoms with Gasteiger partial charge in [-0.15, -0.1) is 0 Å². The molecule has 0 amide bonds. The maximum atomic E-state index is 11.9. The van der Waals surface area contributed by atoms with Crippen LogP contribution in [0.3, 0.4) is 0 Å². The number of aliphatic hydroxyl groups is 1. The number of carbonyl (C=O) groups excluding carboxylic acids is 1. The molecule has 0 saturated heterocycles. The van der Waals surface area contributed by atoms with Crippen LogP contribution in [0.5, 0.6) is 0 Å². The van der Waals surface area contributed by atoms with Gasteiger partial charge in [-0.05, 0) is 11.1 Å². The fourth-order valence-electron chi connectivity index (χ4n) is 1.89. The van der Waals surface area contributed by atoms with Crippen molar-refractivity contribution < 1.29 is 14.6 Å². The third kappa shape index (κ3) is 5.02. The van der Waals surface area contributed by atoms with Crippen LogP contribution in [-0.2, 0) is 22.7 Å². The van der Waals surface area contributed by atoms with Crippen LogP contribution < -0.4 is 5.32 Å². The fraction of sp³-hybridized carbons (Fsp3) is 0.235. The van der Waals surface area contributed by atoms with E-state index in [1.165, 1.54) is 0 Å². The first-order valence-electron chi connectivity index (χ1n) is 6.88. The molecule has 2 aromatic rings. The van der Waals surface area contributed by atoms with Crippen molar-refractivity contribution in [1.82, 2.24) is 5.32 Å². The molecule has 1 atom stereocenters. The van der Waals surface area contributed by atoms with Crippen LogP contribution in [0.15, 0.2) is 60.7 Å². The van der Waals surface area contributed by atoms with Crippen molar-refractivity contribution in [3.63, 3.8) is 0 Å². The second-order valence-electron chi connectivity index (χ2n) is 4.69. The van der Waals surface area contributed by atoms with Gasteiger partial charge in [0.1, 0.15) is 12.6 Å². The summed E-state index contributed by atoms with van der Waals surface area (Å²) in [5.74, 6) is -0.447. The van der Waals surface area contributed by atoms with Crippen LogP contribution in [0.2, 0.25) is 0 Å². The molecule has 0 heterocycles. The van der Waals surface area contributed by atoms with E-state index in [0.29, 0.717) is 6.54 Å². The molecule has 0 saturated carbocycles. The summed E-state index contributed by atoms with van der Waals surface area (Å²) in [6.07, 6.45) is 0. The number of ether oxygens (including phenoxy) is 1. The topological polar surface area (TPSA) is 58.6 Å². The summed E-state index contributed by atoms with van der Waals surface area (Å²) in [5, 5.41) is 12.3. The SMILES string of the molecule is O=C(OCc1ccccc1)C(CO)NCc1ccccc1. The number of aliphatic hydroxyl groups excluding tert-OH is 1. The van der Waals surface area contributed by atoms with Crippen LogP contribution in [0.4, 0.5) is 0 Å². The average molecular weight is 285 g/mol. The molecular formula is C17H19NO3. The van der Waals surface area contributed by atoms with Gasteiger partial charge in [0, 0.05) is 6.54 Å². The molecule has 4 nitrogen and oxygen atoms in total. The smallest absolute Gasteiger partial charge is 0.325 e. The summed E-state index contributed by atoms with van der Waals surface area (Å²) in [5.41, 5.74) is 1.97. The Morgan fingerprint density at radius 2 is 1.57 bits per heavy atom. The number of benzene rings is 2. The molecule has 2 N–H and O–H groups in total. The number of hydrogen-bond donors (Lipinski definition) is 2. The highest BCUT2D eigenvalue weighted by molar-refractivity contribution is 5.75. The van der Waals surface area contributed by atoms with E-state index < -0.39 is 12.0 Å². The van der Waals surface area contributed by atoms with Gasteiger partial charge in [-0.2, -0.15) is 0 Å². The third-order valence-electron chi connectivity index (χ3n) is 3.09. The Balaban J connectivity index is 1.81. The Morgan fingerprint density at radius 3 is 2.14 bits per heavy atom. The van der Waals surface area contributed by atoms with E-state index in [-0.39, 0.29) is 13.2 Å². The van der Waals surface area contributed by atoms with Gasteiger partial charge in [0.05, 0.1) is 6.61 Å². The number of carbonyl (C=O) groups is 1. The average Bonchev–Trinajstić information content (AvgIpc) is 2.55. The molecule has 2 rings (SSSR count). The van der Waals surface area contributed by atoms with Gasteiger partial charge in [-0.25, -0.2) is 0 Å². The van der Waals surface area contributed by atoms with Gasteiger partial charge in [0.25, 0.3) is 0 Å². The lowest BCUT2D eigenvalue weighted by atomic mass is 10.2. The van der Waals surface area contributed by atoms with E-state index in [1.807, 2.05) is 60.7 Å². The summed E-state index contributed by atoms with van der Waals surface area (Å²) in [4.78, 5) is 11.9. The zero-order valence-corrected chi connectivity index (χ0v) is 11.7. The molecule has 0 aliphatic rings. The number of rotatable bonds is 7. The highest BCUT2D eigenvalue weighted by atomic mass is 16.5. The minimum atomic E-state index is -0.714. The molecule has 0 aliphatic heterocycles. The third-order valence-corrected chi connectivity index (χ3v) is 3.09. The minimum absolute atomic E-state index is 0.211. The Morgan fingerprint density at radius 1 is 1.00 bits per heavy atom. The molecule has 0 spiro atoms. The van der Waals surface area contributed by atoms with Crippen molar-refractivity contribution in [2.75, 3.05) is 6.61 Å². The molecule has 0 aliphatic carbocycles. The van der Waals surface area contributed by atoms with E-state index in [0.717, 1.165) is 11.1 Å². The molecule has 21 heavy (non-hydrogen) atoms. The van der Waals surface area contributed by atoms with Gasteiger partial charge in [-0.1, -0.05) is 60.7 Å². The minimum Gasteiger partial charge on any atom is -0.460 e. The maximum absolute atomic E-state index is 11.9. The van der Waals surface area contributed by atoms with Crippen LogP contribution in [-0.4, -0.2) is 23.7 Å². The summed E-state index contributed by atoms with van der Waals surface area (Å²) in [6, 6.07) is 18.4. The van der Waals surface area contributed by atoms with Crippen LogP contribution in [0.25, 0.3) is 0 Å². The second kappa shape index (κ2) is 8.19. The first-order valence-corrected chi connectivity index (χ1v) is 6.88. The van der Waals surface area contributed by atoms with Gasteiger partial charge in [0.2, 0.25) is 0 Å².